The Hall–Kier alpha value is -2.76. The molecule has 2 aromatic carbocycles. The van der Waals surface area contributed by atoms with Gasteiger partial charge in [-0.2, -0.15) is 4.98 Å². The standard InChI is InChI=1S/C24H25ClN6O2S2/c1-30-9-11-31(12-10-30)24-28-22(27-14-17-7-8-18(13-20(17)25)35(26,32)33)21-19(15-34-23(21)29-24)16-5-3-2-4-6-16/h2-8,13,15H,9-12,14H2,1H3,(H2,26,32,33)(H,27,28,29). The summed E-state index contributed by atoms with van der Waals surface area (Å²) in [6, 6.07) is 14.7. The molecule has 4 aromatic rings. The number of likely N-dealkylation sites (N-methyl/N-ethyl adjacent to an activating group) is 1. The Morgan fingerprint density at radius 1 is 1.09 bits per heavy atom. The second kappa shape index (κ2) is 9.71. The zero-order valence-corrected chi connectivity index (χ0v) is 21.5. The second-order valence-corrected chi connectivity index (χ2v) is 11.3. The number of nitrogens with zero attached hydrogens (tertiary/aromatic N) is 4. The summed E-state index contributed by atoms with van der Waals surface area (Å²) in [5.41, 5.74) is 2.89. The van der Waals surface area contributed by atoms with Crippen LogP contribution in [-0.4, -0.2) is 56.5 Å². The third kappa shape index (κ3) is 5.12. The van der Waals surface area contributed by atoms with E-state index in [0.29, 0.717) is 17.5 Å². The van der Waals surface area contributed by atoms with Gasteiger partial charge < -0.3 is 15.1 Å². The van der Waals surface area contributed by atoms with Gasteiger partial charge in [-0.15, -0.1) is 11.3 Å². The molecule has 2 aromatic heterocycles. The lowest BCUT2D eigenvalue weighted by Gasteiger charge is -2.32. The quantitative estimate of drug-likeness (QED) is 0.389. The van der Waals surface area contributed by atoms with Crippen molar-refractivity contribution in [3.05, 3.63) is 64.5 Å². The van der Waals surface area contributed by atoms with E-state index in [1.807, 2.05) is 18.2 Å². The number of hydrogen-bond donors (Lipinski definition) is 2. The third-order valence-electron chi connectivity index (χ3n) is 6.09. The third-order valence-corrected chi connectivity index (χ3v) is 8.23. The van der Waals surface area contributed by atoms with Gasteiger partial charge in [0.1, 0.15) is 10.6 Å². The van der Waals surface area contributed by atoms with Crippen molar-refractivity contribution in [2.45, 2.75) is 11.4 Å². The fraction of sp³-hybridized carbons (Fsp3) is 0.250. The molecule has 1 saturated heterocycles. The molecule has 1 aliphatic rings. The molecule has 0 saturated carbocycles. The van der Waals surface area contributed by atoms with E-state index < -0.39 is 10.0 Å². The molecule has 8 nitrogen and oxygen atoms in total. The van der Waals surface area contributed by atoms with Gasteiger partial charge in [-0.3, -0.25) is 0 Å². The first-order valence-corrected chi connectivity index (χ1v) is 13.9. The number of anilines is 2. The predicted molar refractivity (Wildman–Crippen MR) is 143 cm³/mol. The average Bonchev–Trinajstić information content (AvgIpc) is 3.28. The molecular formula is C24H25ClN6O2S2. The lowest BCUT2D eigenvalue weighted by Crippen LogP contribution is -2.45. The highest BCUT2D eigenvalue weighted by atomic mass is 35.5. The first kappa shape index (κ1) is 24.0. The van der Waals surface area contributed by atoms with Gasteiger partial charge in [0.15, 0.2) is 0 Å². The second-order valence-electron chi connectivity index (χ2n) is 8.51. The number of benzene rings is 2. The minimum absolute atomic E-state index is 0.0165. The van der Waals surface area contributed by atoms with E-state index in [-0.39, 0.29) is 4.90 Å². The Kier molecular flexibility index (Phi) is 6.65. The van der Waals surface area contributed by atoms with Crippen LogP contribution in [0.25, 0.3) is 21.3 Å². The smallest absolute Gasteiger partial charge is 0.238 e. The Bertz CT molecular complexity index is 1470. The Labute approximate surface area is 213 Å². The van der Waals surface area contributed by atoms with Crippen LogP contribution in [0.1, 0.15) is 5.56 Å². The first-order valence-electron chi connectivity index (χ1n) is 11.1. The van der Waals surface area contributed by atoms with Gasteiger partial charge in [0.25, 0.3) is 0 Å². The van der Waals surface area contributed by atoms with Crippen molar-refractivity contribution < 1.29 is 8.42 Å². The molecule has 3 heterocycles. The number of piperazine rings is 1. The molecule has 0 spiro atoms. The number of halogens is 1. The molecule has 0 amide bonds. The molecule has 0 aliphatic carbocycles. The SMILES string of the molecule is CN1CCN(c2nc(NCc3ccc(S(N)(=O)=O)cc3Cl)c3c(-c4ccccc4)csc3n2)CC1. The lowest BCUT2D eigenvalue weighted by atomic mass is 10.1. The van der Waals surface area contributed by atoms with Crippen molar-refractivity contribution in [2.75, 3.05) is 43.4 Å². The van der Waals surface area contributed by atoms with E-state index >= 15 is 0 Å². The Morgan fingerprint density at radius 2 is 1.83 bits per heavy atom. The topological polar surface area (TPSA) is 104 Å². The van der Waals surface area contributed by atoms with Gasteiger partial charge in [0, 0.05) is 48.7 Å². The highest BCUT2D eigenvalue weighted by Crippen LogP contribution is 2.38. The molecular weight excluding hydrogens is 504 g/mol. The number of rotatable bonds is 6. The number of aromatic nitrogens is 2. The number of primary sulfonamides is 1. The maximum atomic E-state index is 11.7. The number of nitrogens with one attached hydrogen (secondary N) is 1. The summed E-state index contributed by atoms with van der Waals surface area (Å²) < 4.78 is 23.3. The molecule has 0 atom stereocenters. The summed E-state index contributed by atoms with van der Waals surface area (Å²) in [6.45, 7) is 3.99. The lowest BCUT2D eigenvalue weighted by molar-refractivity contribution is 0.311. The van der Waals surface area contributed by atoms with E-state index in [1.54, 1.807) is 17.4 Å². The molecule has 182 valence electrons. The molecule has 1 aliphatic heterocycles. The fourth-order valence-corrected chi connectivity index (χ4v) is 5.86. The highest BCUT2D eigenvalue weighted by molar-refractivity contribution is 7.89. The van der Waals surface area contributed by atoms with Gasteiger partial charge in [-0.25, -0.2) is 18.5 Å². The van der Waals surface area contributed by atoms with Crippen molar-refractivity contribution in [1.82, 2.24) is 14.9 Å². The minimum atomic E-state index is -3.82. The molecule has 5 rings (SSSR count). The molecule has 0 bridgehead atoms. The summed E-state index contributed by atoms with van der Waals surface area (Å²) in [4.78, 5) is 15.2. The Morgan fingerprint density at radius 3 is 2.51 bits per heavy atom. The van der Waals surface area contributed by atoms with Crippen molar-refractivity contribution in [2.24, 2.45) is 5.14 Å². The molecule has 35 heavy (non-hydrogen) atoms. The van der Waals surface area contributed by atoms with E-state index in [2.05, 4.69) is 39.7 Å². The number of hydrogen-bond acceptors (Lipinski definition) is 8. The van der Waals surface area contributed by atoms with Crippen LogP contribution in [0.2, 0.25) is 5.02 Å². The highest BCUT2D eigenvalue weighted by Gasteiger charge is 2.21. The maximum absolute atomic E-state index is 11.7. The molecule has 3 N–H and O–H groups in total. The van der Waals surface area contributed by atoms with Crippen molar-refractivity contribution in [3.8, 4) is 11.1 Å². The van der Waals surface area contributed by atoms with Crippen LogP contribution in [0.3, 0.4) is 0 Å². The largest absolute Gasteiger partial charge is 0.365 e. The minimum Gasteiger partial charge on any atom is -0.365 e. The predicted octanol–water partition coefficient (Wildman–Crippen LogP) is 4.02. The van der Waals surface area contributed by atoms with Gasteiger partial charge >= 0.3 is 0 Å². The number of fused-ring (bicyclic) bond motifs is 1. The van der Waals surface area contributed by atoms with E-state index in [1.165, 1.54) is 12.1 Å². The Balaban J connectivity index is 1.53. The molecule has 0 radical (unpaired) electrons. The van der Waals surface area contributed by atoms with Crippen LogP contribution < -0.4 is 15.4 Å². The van der Waals surface area contributed by atoms with Gasteiger partial charge in [0.05, 0.1) is 10.3 Å². The number of thiophene rings is 1. The van der Waals surface area contributed by atoms with Crippen LogP contribution in [0.5, 0.6) is 0 Å². The zero-order valence-electron chi connectivity index (χ0n) is 19.1. The summed E-state index contributed by atoms with van der Waals surface area (Å²) in [6.07, 6.45) is 0. The number of sulfonamides is 1. The summed E-state index contributed by atoms with van der Waals surface area (Å²) in [7, 11) is -1.71. The summed E-state index contributed by atoms with van der Waals surface area (Å²) in [5, 5.41) is 12.1. The van der Waals surface area contributed by atoms with Crippen molar-refractivity contribution in [1.29, 1.82) is 0 Å². The van der Waals surface area contributed by atoms with Crippen LogP contribution in [0.15, 0.2) is 58.8 Å². The monoisotopic (exact) mass is 528 g/mol. The van der Waals surface area contributed by atoms with E-state index in [4.69, 9.17) is 26.7 Å². The fourth-order valence-electron chi connectivity index (χ4n) is 4.06. The summed E-state index contributed by atoms with van der Waals surface area (Å²) >= 11 is 7.99. The first-order chi connectivity index (χ1) is 16.8. The van der Waals surface area contributed by atoms with Crippen LogP contribution in [0, 0.1) is 0 Å². The van der Waals surface area contributed by atoms with Crippen LogP contribution in [0.4, 0.5) is 11.8 Å². The molecule has 0 unspecified atom stereocenters. The van der Waals surface area contributed by atoms with Gasteiger partial charge in [-0.05, 0) is 30.3 Å². The number of nitrogens with two attached hydrogens (primary N) is 1. The average molecular weight is 529 g/mol. The maximum Gasteiger partial charge on any atom is 0.238 e. The van der Waals surface area contributed by atoms with Crippen LogP contribution >= 0.6 is 22.9 Å². The van der Waals surface area contributed by atoms with Crippen LogP contribution in [-0.2, 0) is 16.6 Å². The van der Waals surface area contributed by atoms with E-state index in [0.717, 1.165) is 58.9 Å². The zero-order chi connectivity index (χ0) is 24.6. The van der Waals surface area contributed by atoms with Gasteiger partial charge in [0.2, 0.25) is 16.0 Å². The summed E-state index contributed by atoms with van der Waals surface area (Å²) in [5.74, 6) is 1.42. The van der Waals surface area contributed by atoms with Gasteiger partial charge in [-0.1, -0.05) is 48.0 Å². The normalized spacial score (nSPS) is 15.0. The molecule has 1 fully saturated rings. The molecule has 11 heteroatoms. The van der Waals surface area contributed by atoms with Crippen molar-refractivity contribution >= 4 is 54.9 Å². The van der Waals surface area contributed by atoms with Crippen molar-refractivity contribution in [3.63, 3.8) is 0 Å². The van der Waals surface area contributed by atoms with E-state index in [9.17, 15) is 8.42 Å².